The third-order valence-electron chi connectivity index (χ3n) is 4.55. The molecule has 1 N–H and O–H groups in total. The zero-order valence-corrected chi connectivity index (χ0v) is 19.4. The van der Waals surface area contributed by atoms with E-state index in [0.717, 1.165) is 16.8 Å². The molecule has 0 saturated carbocycles. The van der Waals surface area contributed by atoms with Crippen LogP contribution in [-0.2, 0) is 19.4 Å². The monoisotopic (exact) mass is 453 g/mol. The minimum Gasteiger partial charge on any atom is -0.444 e. The van der Waals surface area contributed by atoms with Gasteiger partial charge >= 0.3 is 6.09 Å². The van der Waals surface area contributed by atoms with Crippen LogP contribution in [0, 0.1) is 13.8 Å². The predicted molar refractivity (Wildman–Crippen MR) is 119 cm³/mol. The molecule has 0 radical (unpaired) electrons. The van der Waals surface area contributed by atoms with Gasteiger partial charge in [0.2, 0.25) is 0 Å². The van der Waals surface area contributed by atoms with E-state index in [2.05, 4.69) is 10.3 Å². The molecule has 164 valence electrons. The Labute approximate surface area is 181 Å². The molecule has 2 amide bonds. The molecule has 2 saturated heterocycles. The van der Waals surface area contributed by atoms with Gasteiger partial charge in [-0.1, -0.05) is 17.8 Å². The third-order valence-corrected chi connectivity index (χ3v) is 7.76. The lowest BCUT2D eigenvalue weighted by Gasteiger charge is -2.25. The first kappa shape index (κ1) is 22.6. The van der Waals surface area contributed by atoms with E-state index in [-0.39, 0.29) is 29.3 Å². The zero-order chi connectivity index (χ0) is 22.3. The lowest BCUT2D eigenvalue weighted by atomic mass is 10.1. The summed E-state index contributed by atoms with van der Waals surface area (Å²) in [6, 6.07) is 5.67. The lowest BCUT2D eigenvalue weighted by molar-refractivity contribution is -0.117. The summed E-state index contributed by atoms with van der Waals surface area (Å²) in [5.41, 5.74) is 2.23. The largest absolute Gasteiger partial charge is 0.444 e. The number of nitrogens with one attached hydrogen (secondary N) is 1. The zero-order valence-electron chi connectivity index (χ0n) is 17.8. The fourth-order valence-corrected chi connectivity index (χ4v) is 7.50. The van der Waals surface area contributed by atoms with Gasteiger partial charge in [0.05, 0.1) is 17.5 Å². The molecule has 2 aliphatic rings. The van der Waals surface area contributed by atoms with Crippen LogP contribution in [0.3, 0.4) is 0 Å². The number of carbonyl (C=O) groups excluding carboxylic acids is 2. The SMILES string of the molecule is Cc1cc(C)cc(N2C(=NC(=O)CNC(=O)OC(C)(C)C)S[C@H]3CS(=O)(=O)C[C@@H]32)c1. The number of aliphatic imine (C=N–C) groups is 1. The minimum atomic E-state index is -3.13. The van der Waals surface area contributed by atoms with Gasteiger partial charge < -0.3 is 15.0 Å². The molecule has 1 aromatic carbocycles. The number of sulfone groups is 1. The molecule has 30 heavy (non-hydrogen) atoms. The number of hydrogen-bond acceptors (Lipinski definition) is 6. The van der Waals surface area contributed by atoms with Crippen LogP contribution in [0.25, 0.3) is 0 Å². The van der Waals surface area contributed by atoms with E-state index in [4.69, 9.17) is 4.74 Å². The maximum atomic E-state index is 12.4. The molecule has 0 bridgehead atoms. The number of amides is 2. The summed E-state index contributed by atoms with van der Waals surface area (Å²) < 4.78 is 29.5. The Balaban J connectivity index is 1.82. The van der Waals surface area contributed by atoms with E-state index in [1.807, 2.05) is 36.9 Å². The standard InChI is InChI=1S/C20H27N3O5S2/c1-12-6-13(2)8-14(7-12)23-15-10-30(26,27)11-16(15)29-18(23)22-17(24)9-21-19(25)28-20(3,4)5/h6-8,15-16H,9-11H2,1-5H3,(H,21,25)/t15-,16-/m0/s1. The predicted octanol–water partition coefficient (Wildman–Crippen LogP) is 2.43. The van der Waals surface area contributed by atoms with E-state index in [0.29, 0.717) is 5.17 Å². The number of nitrogens with zero attached hydrogens (tertiary/aromatic N) is 2. The molecule has 8 nitrogen and oxygen atoms in total. The van der Waals surface area contributed by atoms with E-state index in [1.165, 1.54) is 11.8 Å². The highest BCUT2D eigenvalue weighted by Gasteiger charge is 2.49. The van der Waals surface area contributed by atoms with Crippen molar-refractivity contribution >= 4 is 44.5 Å². The van der Waals surface area contributed by atoms with Crippen molar-refractivity contribution < 1.29 is 22.7 Å². The number of amidine groups is 1. The third kappa shape index (κ3) is 5.54. The second-order valence-electron chi connectivity index (χ2n) is 8.66. The Morgan fingerprint density at radius 3 is 2.43 bits per heavy atom. The maximum absolute atomic E-state index is 12.4. The highest BCUT2D eigenvalue weighted by Crippen LogP contribution is 2.41. The first-order valence-electron chi connectivity index (χ1n) is 9.66. The molecule has 0 aromatic heterocycles. The molecule has 2 aliphatic heterocycles. The van der Waals surface area contributed by atoms with Crippen molar-refractivity contribution in [2.24, 2.45) is 4.99 Å². The van der Waals surface area contributed by atoms with Gasteiger partial charge in [0.15, 0.2) is 15.0 Å². The molecule has 3 rings (SSSR count). The summed E-state index contributed by atoms with van der Waals surface area (Å²) in [7, 11) is -3.13. The Morgan fingerprint density at radius 2 is 1.83 bits per heavy atom. The molecule has 1 aromatic rings. The fourth-order valence-electron chi connectivity index (χ4n) is 3.56. The molecular weight excluding hydrogens is 426 g/mol. The quantitative estimate of drug-likeness (QED) is 0.749. The van der Waals surface area contributed by atoms with Crippen molar-refractivity contribution in [2.75, 3.05) is 23.0 Å². The minimum absolute atomic E-state index is 0.0288. The number of fused-ring (bicyclic) bond motifs is 1. The number of rotatable bonds is 3. The molecule has 0 unspecified atom stereocenters. The van der Waals surface area contributed by atoms with Gasteiger partial charge in [-0.2, -0.15) is 4.99 Å². The van der Waals surface area contributed by atoms with Crippen LogP contribution in [0.4, 0.5) is 10.5 Å². The average molecular weight is 454 g/mol. The van der Waals surface area contributed by atoms with Gasteiger partial charge in [-0.3, -0.25) is 4.79 Å². The Kier molecular flexibility index (Phi) is 6.20. The van der Waals surface area contributed by atoms with E-state index < -0.39 is 27.4 Å². The summed E-state index contributed by atoms with van der Waals surface area (Å²) in [6.45, 7) is 8.84. The topological polar surface area (TPSA) is 105 Å². The molecule has 0 aliphatic carbocycles. The van der Waals surface area contributed by atoms with Crippen molar-refractivity contribution in [2.45, 2.75) is 51.5 Å². The number of thioether (sulfide) groups is 1. The number of anilines is 1. The molecule has 2 heterocycles. The Morgan fingerprint density at radius 1 is 1.20 bits per heavy atom. The number of carbonyl (C=O) groups is 2. The lowest BCUT2D eigenvalue weighted by Crippen LogP contribution is -2.38. The first-order chi connectivity index (χ1) is 13.8. The van der Waals surface area contributed by atoms with Crippen LogP contribution >= 0.6 is 11.8 Å². The van der Waals surface area contributed by atoms with Gasteiger partial charge in [0, 0.05) is 10.9 Å². The molecule has 2 fully saturated rings. The summed E-state index contributed by atoms with van der Waals surface area (Å²) >= 11 is 1.30. The van der Waals surface area contributed by atoms with E-state index in [9.17, 15) is 18.0 Å². The van der Waals surface area contributed by atoms with Crippen molar-refractivity contribution in [3.8, 4) is 0 Å². The van der Waals surface area contributed by atoms with Gasteiger partial charge in [-0.25, -0.2) is 13.2 Å². The molecular formula is C20H27N3O5S2. The van der Waals surface area contributed by atoms with E-state index in [1.54, 1.807) is 20.8 Å². The Hall–Kier alpha value is -2.07. The fraction of sp³-hybridized carbons (Fsp3) is 0.550. The van der Waals surface area contributed by atoms with Gasteiger partial charge in [0.25, 0.3) is 5.91 Å². The highest BCUT2D eigenvalue weighted by atomic mass is 32.2. The van der Waals surface area contributed by atoms with Gasteiger partial charge in [-0.15, -0.1) is 0 Å². The number of benzene rings is 1. The summed E-state index contributed by atoms with van der Waals surface area (Å²) in [5, 5.41) is 2.69. The smallest absolute Gasteiger partial charge is 0.408 e. The van der Waals surface area contributed by atoms with Crippen LogP contribution in [0.5, 0.6) is 0 Å². The van der Waals surface area contributed by atoms with Crippen LogP contribution < -0.4 is 10.2 Å². The molecule has 10 heteroatoms. The first-order valence-corrected chi connectivity index (χ1v) is 12.4. The second kappa shape index (κ2) is 8.22. The van der Waals surface area contributed by atoms with Crippen molar-refractivity contribution in [3.05, 3.63) is 29.3 Å². The van der Waals surface area contributed by atoms with Gasteiger partial charge in [0.1, 0.15) is 12.1 Å². The molecule has 2 atom stereocenters. The van der Waals surface area contributed by atoms with Crippen LogP contribution in [-0.4, -0.2) is 60.5 Å². The van der Waals surface area contributed by atoms with Crippen LogP contribution in [0.15, 0.2) is 23.2 Å². The summed E-state index contributed by atoms with van der Waals surface area (Å²) in [5.74, 6) is -0.436. The van der Waals surface area contributed by atoms with Crippen molar-refractivity contribution in [1.29, 1.82) is 0 Å². The molecule has 0 spiro atoms. The number of aryl methyl sites for hydroxylation is 2. The van der Waals surface area contributed by atoms with Crippen molar-refractivity contribution in [3.63, 3.8) is 0 Å². The van der Waals surface area contributed by atoms with Crippen molar-refractivity contribution in [1.82, 2.24) is 5.32 Å². The van der Waals surface area contributed by atoms with E-state index >= 15 is 0 Å². The highest BCUT2D eigenvalue weighted by molar-refractivity contribution is 8.16. The van der Waals surface area contributed by atoms with Crippen LogP contribution in [0.1, 0.15) is 31.9 Å². The normalized spacial score (nSPS) is 24.0. The summed E-state index contributed by atoms with van der Waals surface area (Å²) in [6.07, 6.45) is -0.691. The average Bonchev–Trinajstić information content (AvgIpc) is 3.01. The van der Waals surface area contributed by atoms with Crippen LogP contribution in [0.2, 0.25) is 0 Å². The number of hydrogen-bond donors (Lipinski definition) is 1. The summed E-state index contributed by atoms with van der Waals surface area (Å²) in [4.78, 5) is 30.2. The van der Waals surface area contributed by atoms with Gasteiger partial charge in [-0.05, 0) is 57.9 Å². The number of ether oxygens (including phenoxy) is 1. The number of alkyl carbamates (subject to hydrolysis) is 1. The maximum Gasteiger partial charge on any atom is 0.408 e. The second-order valence-corrected chi connectivity index (χ2v) is 12.0. The Bertz CT molecular complexity index is 978.